The second-order valence-corrected chi connectivity index (χ2v) is 5.87. The summed E-state index contributed by atoms with van der Waals surface area (Å²) in [6.45, 7) is 3.82. The number of hydrogen-bond donors (Lipinski definition) is 1. The number of aryl methyl sites for hydroxylation is 2. The van der Waals surface area contributed by atoms with Crippen molar-refractivity contribution in [1.82, 2.24) is 10.6 Å². The molecule has 0 bridgehead atoms. The molecule has 0 spiro atoms. The maximum absolute atomic E-state index is 11.9. The summed E-state index contributed by atoms with van der Waals surface area (Å²) in [5, 5.41) is 7.65. The maximum Gasteiger partial charge on any atom is 0.277 e. The van der Waals surface area contributed by atoms with Crippen LogP contribution in [0.4, 0.5) is 0 Å². The Balaban J connectivity index is 1.59. The van der Waals surface area contributed by atoms with Crippen molar-refractivity contribution in [2.24, 2.45) is 5.10 Å². The van der Waals surface area contributed by atoms with Crippen molar-refractivity contribution in [1.29, 1.82) is 0 Å². The van der Waals surface area contributed by atoms with Crippen molar-refractivity contribution in [2.75, 3.05) is 6.61 Å². The Kier molecular flexibility index (Phi) is 5.43. The monoisotopic (exact) mass is 349 g/mol. The first kappa shape index (κ1) is 17.4. The summed E-state index contributed by atoms with van der Waals surface area (Å²) < 4.78 is 10.8. The van der Waals surface area contributed by atoms with Crippen LogP contribution in [0, 0.1) is 13.8 Å². The van der Waals surface area contributed by atoms with Crippen molar-refractivity contribution in [3.63, 3.8) is 0 Å². The van der Waals surface area contributed by atoms with Crippen molar-refractivity contribution >= 4 is 12.1 Å². The third-order valence-electron chi connectivity index (χ3n) is 3.68. The lowest BCUT2D eigenvalue weighted by atomic mass is 10.1. The zero-order valence-electron chi connectivity index (χ0n) is 14.6. The molecule has 6 nitrogen and oxygen atoms in total. The Bertz CT molecular complexity index is 901. The molecule has 0 aliphatic heterocycles. The minimum Gasteiger partial charge on any atom is -0.483 e. The van der Waals surface area contributed by atoms with E-state index in [1.165, 1.54) is 5.56 Å². The highest BCUT2D eigenvalue weighted by molar-refractivity contribution is 5.83. The Labute approximate surface area is 151 Å². The molecule has 1 amide bonds. The van der Waals surface area contributed by atoms with Crippen molar-refractivity contribution in [3.8, 4) is 17.1 Å². The number of carbonyl (C=O) groups excluding carboxylic acids is 1. The van der Waals surface area contributed by atoms with Gasteiger partial charge in [0, 0.05) is 6.07 Å². The van der Waals surface area contributed by atoms with Crippen LogP contribution in [0.25, 0.3) is 11.3 Å². The molecule has 1 N–H and O–H groups in total. The van der Waals surface area contributed by atoms with Gasteiger partial charge >= 0.3 is 0 Å². The summed E-state index contributed by atoms with van der Waals surface area (Å²) in [6.07, 6.45) is 3.15. The van der Waals surface area contributed by atoms with Crippen LogP contribution in [0.3, 0.4) is 0 Å². The summed E-state index contributed by atoms with van der Waals surface area (Å²) >= 11 is 0. The van der Waals surface area contributed by atoms with Crippen LogP contribution in [-0.4, -0.2) is 23.9 Å². The molecule has 3 rings (SSSR count). The van der Waals surface area contributed by atoms with Gasteiger partial charge in [-0.2, -0.15) is 5.10 Å². The fourth-order valence-electron chi connectivity index (χ4n) is 2.32. The van der Waals surface area contributed by atoms with Gasteiger partial charge in [0.15, 0.2) is 12.4 Å². The SMILES string of the molecule is Cc1ccc(/C=N/NC(=O)COc2ccc(C)cc2-c2ccno2)cc1. The van der Waals surface area contributed by atoms with E-state index in [9.17, 15) is 4.79 Å². The van der Waals surface area contributed by atoms with Gasteiger partial charge < -0.3 is 9.26 Å². The average molecular weight is 349 g/mol. The predicted octanol–water partition coefficient (Wildman–Crippen LogP) is 3.49. The number of nitrogens with zero attached hydrogens (tertiary/aromatic N) is 2. The van der Waals surface area contributed by atoms with Gasteiger partial charge in [-0.3, -0.25) is 4.79 Å². The first-order valence-electron chi connectivity index (χ1n) is 8.15. The Hall–Kier alpha value is -3.41. The molecular formula is C20H19N3O3. The van der Waals surface area contributed by atoms with Gasteiger partial charge in [0.25, 0.3) is 5.91 Å². The molecule has 0 saturated carbocycles. The molecule has 3 aromatic rings. The van der Waals surface area contributed by atoms with Crippen LogP contribution >= 0.6 is 0 Å². The van der Waals surface area contributed by atoms with E-state index in [0.29, 0.717) is 11.5 Å². The lowest BCUT2D eigenvalue weighted by molar-refractivity contribution is -0.123. The van der Waals surface area contributed by atoms with Crippen molar-refractivity contribution in [2.45, 2.75) is 13.8 Å². The quantitative estimate of drug-likeness (QED) is 0.546. The van der Waals surface area contributed by atoms with Crippen molar-refractivity contribution in [3.05, 3.63) is 71.4 Å². The normalized spacial score (nSPS) is 10.8. The molecule has 6 heteroatoms. The highest BCUT2D eigenvalue weighted by Gasteiger charge is 2.11. The minimum absolute atomic E-state index is 0.157. The van der Waals surface area contributed by atoms with Crippen molar-refractivity contribution < 1.29 is 14.1 Å². The van der Waals surface area contributed by atoms with E-state index >= 15 is 0 Å². The van der Waals surface area contributed by atoms with Gasteiger partial charge in [0.2, 0.25) is 0 Å². The highest BCUT2D eigenvalue weighted by Crippen LogP contribution is 2.30. The van der Waals surface area contributed by atoms with Gasteiger partial charge in [0.1, 0.15) is 5.75 Å². The summed E-state index contributed by atoms with van der Waals surface area (Å²) in [5.41, 5.74) is 6.32. The van der Waals surface area contributed by atoms with Crippen LogP contribution < -0.4 is 10.2 Å². The molecule has 0 fully saturated rings. The number of ether oxygens (including phenoxy) is 1. The molecule has 0 atom stereocenters. The number of benzene rings is 2. The topological polar surface area (TPSA) is 76.7 Å². The minimum atomic E-state index is -0.350. The van der Waals surface area contributed by atoms with E-state index in [0.717, 1.165) is 16.7 Å². The fourth-order valence-corrected chi connectivity index (χ4v) is 2.32. The van der Waals surface area contributed by atoms with Crippen LogP contribution in [-0.2, 0) is 4.79 Å². The van der Waals surface area contributed by atoms with E-state index in [4.69, 9.17) is 9.26 Å². The number of hydrazone groups is 1. The molecule has 1 aromatic heterocycles. The third kappa shape index (κ3) is 4.57. The predicted molar refractivity (Wildman–Crippen MR) is 99.1 cm³/mol. The molecular weight excluding hydrogens is 330 g/mol. The van der Waals surface area contributed by atoms with Crippen LogP contribution in [0.15, 0.2) is 64.4 Å². The summed E-state index contributed by atoms with van der Waals surface area (Å²) in [5.74, 6) is 0.781. The Morgan fingerprint density at radius 2 is 1.92 bits per heavy atom. The molecule has 26 heavy (non-hydrogen) atoms. The van der Waals surface area contributed by atoms with E-state index < -0.39 is 0 Å². The second-order valence-electron chi connectivity index (χ2n) is 5.87. The maximum atomic E-state index is 11.9. The van der Waals surface area contributed by atoms with Gasteiger partial charge in [-0.05, 0) is 31.5 Å². The van der Waals surface area contributed by atoms with Crippen LogP contribution in [0.2, 0.25) is 0 Å². The Morgan fingerprint density at radius 1 is 1.15 bits per heavy atom. The van der Waals surface area contributed by atoms with Gasteiger partial charge in [-0.1, -0.05) is 46.6 Å². The third-order valence-corrected chi connectivity index (χ3v) is 3.68. The molecule has 2 aromatic carbocycles. The van der Waals surface area contributed by atoms with Gasteiger partial charge in [0.05, 0.1) is 18.0 Å². The lowest BCUT2D eigenvalue weighted by Crippen LogP contribution is -2.24. The van der Waals surface area contributed by atoms with Gasteiger partial charge in [-0.15, -0.1) is 0 Å². The summed E-state index contributed by atoms with van der Waals surface area (Å²) in [4.78, 5) is 11.9. The van der Waals surface area contributed by atoms with E-state index in [1.54, 1.807) is 24.5 Å². The zero-order valence-corrected chi connectivity index (χ0v) is 14.6. The van der Waals surface area contributed by atoms with E-state index in [1.807, 2.05) is 50.2 Å². The number of aromatic nitrogens is 1. The molecule has 0 radical (unpaired) electrons. The molecule has 0 unspecified atom stereocenters. The standard InChI is InChI=1S/C20H19N3O3/c1-14-3-6-16(7-4-14)12-21-23-20(24)13-25-18-8-5-15(2)11-17(18)19-9-10-22-26-19/h3-12H,13H2,1-2H3,(H,23,24)/b21-12+. The second kappa shape index (κ2) is 8.11. The number of amides is 1. The van der Waals surface area contributed by atoms with E-state index in [2.05, 4.69) is 15.7 Å². The highest BCUT2D eigenvalue weighted by atomic mass is 16.5. The summed E-state index contributed by atoms with van der Waals surface area (Å²) in [6, 6.07) is 15.2. The summed E-state index contributed by atoms with van der Waals surface area (Å²) in [7, 11) is 0. The van der Waals surface area contributed by atoms with Crippen LogP contribution in [0.1, 0.15) is 16.7 Å². The molecule has 1 heterocycles. The molecule has 0 aliphatic rings. The Morgan fingerprint density at radius 3 is 2.65 bits per heavy atom. The largest absolute Gasteiger partial charge is 0.483 e. The molecule has 0 saturated heterocycles. The zero-order chi connectivity index (χ0) is 18.4. The van der Waals surface area contributed by atoms with Gasteiger partial charge in [-0.25, -0.2) is 5.43 Å². The fraction of sp³-hybridized carbons (Fsp3) is 0.150. The smallest absolute Gasteiger partial charge is 0.277 e. The number of rotatable bonds is 6. The number of hydrogen-bond acceptors (Lipinski definition) is 5. The van der Waals surface area contributed by atoms with Crippen LogP contribution in [0.5, 0.6) is 5.75 Å². The van der Waals surface area contributed by atoms with E-state index in [-0.39, 0.29) is 12.5 Å². The lowest BCUT2D eigenvalue weighted by Gasteiger charge is -2.09. The average Bonchev–Trinajstić information content (AvgIpc) is 3.17. The first-order valence-corrected chi connectivity index (χ1v) is 8.15. The first-order chi connectivity index (χ1) is 12.6. The molecule has 0 aliphatic carbocycles. The number of carbonyl (C=O) groups is 1. The molecule has 132 valence electrons. The number of nitrogens with one attached hydrogen (secondary N) is 1.